The van der Waals surface area contributed by atoms with Gasteiger partial charge < -0.3 is 11.1 Å². The molecule has 0 saturated carbocycles. The van der Waals surface area contributed by atoms with Crippen LogP contribution in [0.25, 0.3) is 0 Å². The molecular formula is C18H22ClN3O3S. The Morgan fingerprint density at radius 3 is 2.58 bits per heavy atom. The van der Waals surface area contributed by atoms with Crippen LogP contribution in [0, 0.1) is 5.92 Å². The summed E-state index contributed by atoms with van der Waals surface area (Å²) in [5.74, 6) is -0.201. The van der Waals surface area contributed by atoms with Crippen molar-refractivity contribution in [1.29, 1.82) is 0 Å². The van der Waals surface area contributed by atoms with Gasteiger partial charge in [-0.3, -0.25) is 9.10 Å². The lowest BCUT2D eigenvalue weighted by atomic mass is 10.1. The maximum Gasteiger partial charge on any atom is 0.264 e. The fourth-order valence-electron chi connectivity index (χ4n) is 2.22. The number of hydrogen-bond donors (Lipinski definition) is 2. The molecule has 0 aromatic heterocycles. The molecule has 0 fully saturated rings. The largest absolute Gasteiger partial charge is 0.352 e. The number of anilines is 1. The van der Waals surface area contributed by atoms with Crippen LogP contribution >= 0.6 is 11.6 Å². The minimum atomic E-state index is -3.83. The first-order valence-electron chi connectivity index (χ1n) is 8.08. The molecule has 0 saturated heterocycles. The second kappa shape index (κ2) is 8.53. The zero-order valence-corrected chi connectivity index (χ0v) is 16.2. The van der Waals surface area contributed by atoms with Gasteiger partial charge in [-0.1, -0.05) is 30.7 Å². The van der Waals surface area contributed by atoms with Gasteiger partial charge in [0.2, 0.25) is 0 Å². The Morgan fingerprint density at radius 2 is 1.92 bits per heavy atom. The van der Waals surface area contributed by atoms with Crippen molar-refractivity contribution in [1.82, 2.24) is 5.32 Å². The van der Waals surface area contributed by atoms with Crippen LogP contribution in [0.3, 0.4) is 0 Å². The van der Waals surface area contributed by atoms with E-state index < -0.39 is 10.0 Å². The smallest absolute Gasteiger partial charge is 0.264 e. The van der Waals surface area contributed by atoms with E-state index in [1.807, 2.05) is 6.92 Å². The van der Waals surface area contributed by atoms with Gasteiger partial charge in [-0.05, 0) is 48.9 Å². The first-order valence-corrected chi connectivity index (χ1v) is 9.90. The van der Waals surface area contributed by atoms with E-state index in [0.29, 0.717) is 23.8 Å². The Balaban J connectivity index is 2.26. The lowest BCUT2D eigenvalue weighted by Crippen LogP contribution is -2.31. The number of carbonyl (C=O) groups excluding carboxylic acids is 1. The SMILES string of the molecule is CC(CN)CNC(=O)c1cccc(S(=O)(=O)N(C)c2cccc(Cl)c2)c1. The first kappa shape index (κ1) is 20.2. The van der Waals surface area contributed by atoms with Crippen molar-refractivity contribution in [2.75, 3.05) is 24.4 Å². The maximum absolute atomic E-state index is 12.9. The van der Waals surface area contributed by atoms with Crippen molar-refractivity contribution in [3.63, 3.8) is 0 Å². The van der Waals surface area contributed by atoms with Gasteiger partial charge in [-0.2, -0.15) is 0 Å². The summed E-state index contributed by atoms with van der Waals surface area (Å²) in [4.78, 5) is 12.3. The molecule has 0 heterocycles. The Labute approximate surface area is 159 Å². The Bertz CT molecular complexity index is 887. The van der Waals surface area contributed by atoms with Gasteiger partial charge in [0.25, 0.3) is 15.9 Å². The highest BCUT2D eigenvalue weighted by Crippen LogP contribution is 2.25. The number of amides is 1. The number of halogens is 1. The van der Waals surface area contributed by atoms with E-state index in [-0.39, 0.29) is 22.3 Å². The zero-order valence-electron chi connectivity index (χ0n) is 14.6. The number of benzene rings is 2. The van der Waals surface area contributed by atoms with Crippen LogP contribution in [-0.2, 0) is 10.0 Å². The Hall–Kier alpha value is -2.09. The minimum absolute atomic E-state index is 0.0273. The molecule has 0 aliphatic heterocycles. The van der Waals surface area contributed by atoms with E-state index in [1.165, 1.54) is 19.2 Å². The van der Waals surface area contributed by atoms with Crippen LogP contribution in [-0.4, -0.2) is 34.5 Å². The van der Waals surface area contributed by atoms with Gasteiger partial charge in [0.05, 0.1) is 10.6 Å². The molecule has 3 N–H and O–H groups in total. The Morgan fingerprint density at radius 1 is 1.23 bits per heavy atom. The van der Waals surface area contributed by atoms with Crippen molar-refractivity contribution >= 4 is 33.2 Å². The molecule has 0 aliphatic rings. The number of nitrogens with one attached hydrogen (secondary N) is 1. The summed E-state index contributed by atoms with van der Waals surface area (Å²) in [5, 5.41) is 3.19. The highest BCUT2D eigenvalue weighted by Gasteiger charge is 2.22. The molecule has 8 heteroatoms. The normalized spacial score (nSPS) is 12.5. The minimum Gasteiger partial charge on any atom is -0.352 e. The van der Waals surface area contributed by atoms with E-state index in [0.717, 1.165) is 4.31 Å². The monoisotopic (exact) mass is 395 g/mol. The third-order valence-corrected chi connectivity index (χ3v) is 5.96. The zero-order chi connectivity index (χ0) is 19.3. The summed E-state index contributed by atoms with van der Waals surface area (Å²) in [6, 6.07) is 12.5. The summed E-state index contributed by atoms with van der Waals surface area (Å²) in [6.45, 7) is 2.80. The van der Waals surface area contributed by atoms with E-state index in [9.17, 15) is 13.2 Å². The van der Waals surface area contributed by atoms with Crippen LogP contribution in [0.2, 0.25) is 5.02 Å². The summed E-state index contributed by atoms with van der Waals surface area (Å²) < 4.78 is 26.9. The molecule has 0 radical (unpaired) electrons. The fourth-order valence-corrected chi connectivity index (χ4v) is 3.64. The number of nitrogens with two attached hydrogens (primary N) is 1. The lowest BCUT2D eigenvalue weighted by Gasteiger charge is -2.20. The topological polar surface area (TPSA) is 92.5 Å². The standard InChI is InChI=1S/C18H22ClN3O3S/c1-13(11-20)12-21-18(23)14-5-3-8-17(9-14)26(24,25)22(2)16-7-4-6-15(19)10-16/h3-10,13H,11-12,20H2,1-2H3,(H,21,23). The molecule has 1 atom stereocenters. The van der Waals surface area contributed by atoms with Crippen LogP contribution in [0.5, 0.6) is 0 Å². The summed E-state index contributed by atoms with van der Waals surface area (Å²) >= 11 is 5.94. The van der Waals surface area contributed by atoms with E-state index >= 15 is 0 Å². The highest BCUT2D eigenvalue weighted by molar-refractivity contribution is 7.92. The summed E-state index contributed by atoms with van der Waals surface area (Å²) in [5.41, 5.74) is 6.24. The van der Waals surface area contributed by atoms with Crippen LogP contribution in [0.15, 0.2) is 53.4 Å². The number of rotatable bonds is 7. The predicted octanol–water partition coefficient (Wildman–Crippen LogP) is 2.49. The molecule has 6 nitrogen and oxygen atoms in total. The van der Waals surface area contributed by atoms with Crippen molar-refractivity contribution in [3.8, 4) is 0 Å². The first-order chi connectivity index (χ1) is 12.3. The van der Waals surface area contributed by atoms with Crippen molar-refractivity contribution < 1.29 is 13.2 Å². The molecule has 2 aromatic carbocycles. The van der Waals surface area contributed by atoms with Gasteiger partial charge in [0.1, 0.15) is 0 Å². The quantitative estimate of drug-likeness (QED) is 0.753. The van der Waals surface area contributed by atoms with Crippen molar-refractivity contribution in [2.24, 2.45) is 11.7 Å². The fraction of sp³-hybridized carbons (Fsp3) is 0.278. The van der Waals surface area contributed by atoms with Gasteiger partial charge in [0, 0.05) is 24.2 Å². The number of nitrogens with zero attached hydrogens (tertiary/aromatic N) is 1. The summed E-state index contributed by atoms with van der Waals surface area (Å²) in [6.07, 6.45) is 0. The molecule has 0 spiro atoms. The molecule has 0 bridgehead atoms. The van der Waals surface area contributed by atoms with Crippen LogP contribution in [0.4, 0.5) is 5.69 Å². The third kappa shape index (κ3) is 4.75. The van der Waals surface area contributed by atoms with Gasteiger partial charge in [-0.25, -0.2) is 8.42 Å². The van der Waals surface area contributed by atoms with Crippen LogP contribution < -0.4 is 15.4 Å². The predicted molar refractivity (Wildman–Crippen MR) is 104 cm³/mol. The van der Waals surface area contributed by atoms with E-state index in [1.54, 1.807) is 36.4 Å². The molecule has 2 rings (SSSR count). The maximum atomic E-state index is 12.9. The van der Waals surface area contributed by atoms with Gasteiger partial charge in [-0.15, -0.1) is 0 Å². The second-order valence-corrected chi connectivity index (χ2v) is 8.44. The third-order valence-electron chi connectivity index (χ3n) is 3.94. The molecule has 0 aliphatic carbocycles. The van der Waals surface area contributed by atoms with Crippen molar-refractivity contribution in [2.45, 2.75) is 11.8 Å². The molecular weight excluding hydrogens is 374 g/mol. The number of hydrogen-bond acceptors (Lipinski definition) is 4. The number of sulfonamides is 1. The van der Waals surface area contributed by atoms with Gasteiger partial charge >= 0.3 is 0 Å². The van der Waals surface area contributed by atoms with Crippen LogP contribution in [0.1, 0.15) is 17.3 Å². The highest BCUT2D eigenvalue weighted by atomic mass is 35.5. The Kier molecular flexibility index (Phi) is 6.63. The second-order valence-electron chi connectivity index (χ2n) is 6.03. The van der Waals surface area contributed by atoms with E-state index in [4.69, 9.17) is 17.3 Å². The average molecular weight is 396 g/mol. The van der Waals surface area contributed by atoms with E-state index in [2.05, 4.69) is 5.32 Å². The molecule has 140 valence electrons. The lowest BCUT2D eigenvalue weighted by molar-refractivity contribution is 0.0948. The van der Waals surface area contributed by atoms with Crippen molar-refractivity contribution in [3.05, 3.63) is 59.1 Å². The molecule has 26 heavy (non-hydrogen) atoms. The molecule has 1 amide bonds. The summed E-state index contributed by atoms with van der Waals surface area (Å²) in [7, 11) is -2.38. The molecule has 2 aromatic rings. The van der Waals surface area contributed by atoms with Gasteiger partial charge in [0.15, 0.2) is 0 Å². The number of carbonyl (C=O) groups is 1. The molecule has 1 unspecified atom stereocenters. The average Bonchev–Trinajstić information content (AvgIpc) is 2.65.